The first kappa shape index (κ1) is 10.3. The number of carbonyl (C=O) groups excluding carboxylic acids is 1. The monoisotopic (exact) mass is 184 g/mol. The predicted molar refractivity (Wildman–Crippen MR) is 49.3 cm³/mol. The fourth-order valence-corrected chi connectivity index (χ4v) is 1.28. The standard InChI is InChI=1S/C10H16O3/c1-3-12-10(11)8(2)9-6-4-5-7-13-9/h4,6,8-9H,3,5,7H2,1-2H3/t8-,9+/m1/s1. The van der Waals surface area contributed by atoms with E-state index in [1.807, 2.05) is 26.0 Å². The topological polar surface area (TPSA) is 35.5 Å². The van der Waals surface area contributed by atoms with Crippen LogP contribution in [0.15, 0.2) is 12.2 Å². The van der Waals surface area contributed by atoms with Gasteiger partial charge in [0.25, 0.3) is 0 Å². The largest absolute Gasteiger partial charge is 0.466 e. The second-order valence-corrected chi connectivity index (χ2v) is 3.09. The highest BCUT2D eigenvalue weighted by atomic mass is 16.5. The molecule has 13 heavy (non-hydrogen) atoms. The Morgan fingerprint density at radius 1 is 1.77 bits per heavy atom. The maximum atomic E-state index is 11.3. The molecule has 0 unspecified atom stereocenters. The van der Waals surface area contributed by atoms with Gasteiger partial charge in [0.15, 0.2) is 0 Å². The van der Waals surface area contributed by atoms with Gasteiger partial charge in [0.2, 0.25) is 0 Å². The molecule has 1 aliphatic rings. The van der Waals surface area contributed by atoms with Gasteiger partial charge in [-0.25, -0.2) is 0 Å². The molecule has 3 nitrogen and oxygen atoms in total. The van der Waals surface area contributed by atoms with Gasteiger partial charge in [-0.15, -0.1) is 0 Å². The molecule has 2 atom stereocenters. The fourth-order valence-electron chi connectivity index (χ4n) is 1.28. The molecule has 0 fully saturated rings. The summed E-state index contributed by atoms with van der Waals surface area (Å²) in [5, 5.41) is 0. The zero-order valence-electron chi connectivity index (χ0n) is 8.16. The summed E-state index contributed by atoms with van der Waals surface area (Å²) in [5.41, 5.74) is 0. The molecule has 3 heteroatoms. The van der Waals surface area contributed by atoms with Crippen molar-refractivity contribution in [2.45, 2.75) is 26.4 Å². The lowest BCUT2D eigenvalue weighted by molar-refractivity contribution is -0.151. The molecule has 0 saturated carbocycles. The lowest BCUT2D eigenvalue weighted by atomic mass is 10.0. The summed E-state index contributed by atoms with van der Waals surface area (Å²) in [6, 6.07) is 0. The Labute approximate surface area is 78.7 Å². The molecular weight excluding hydrogens is 168 g/mol. The summed E-state index contributed by atoms with van der Waals surface area (Å²) in [4.78, 5) is 11.3. The van der Waals surface area contributed by atoms with Crippen LogP contribution < -0.4 is 0 Å². The molecule has 0 saturated heterocycles. The Morgan fingerprint density at radius 2 is 2.54 bits per heavy atom. The highest BCUT2D eigenvalue weighted by Gasteiger charge is 2.24. The molecule has 0 bridgehead atoms. The van der Waals surface area contributed by atoms with Gasteiger partial charge in [-0.2, -0.15) is 0 Å². The van der Waals surface area contributed by atoms with Crippen LogP contribution >= 0.6 is 0 Å². The van der Waals surface area contributed by atoms with E-state index in [2.05, 4.69) is 0 Å². The van der Waals surface area contributed by atoms with Crippen LogP contribution in [0.25, 0.3) is 0 Å². The molecule has 0 aromatic heterocycles. The van der Waals surface area contributed by atoms with E-state index in [0.717, 1.165) is 6.42 Å². The summed E-state index contributed by atoms with van der Waals surface area (Å²) >= 11 is 0. The number of ether oxygens (including phenoxy) is 2. The number of hydrogen-bond donors (Lipinski definition) is 0. The molecular formula is C10H16O3. The van der Waals surface area contributed by atoms with Crippen molar-refractivity contribution in [3.05, 3.63) is 12.2 Å². The Hall–Kier alpha value is -0.830. The van der Waals surface area contributed by atoms with Crippen LogP contribution in [0.2, 0.25) is 0 Å². The van der Waals surface area contributed by atoms with Crippen molar-refractivity contribution in [3.63, 3.8) is 0 Å². The average Bonchev–Trinajstić information content (AvgIpc) is 2.18. The van der Waals surface area contributed by atoms with Gasteiger partial charge in [0, 0.05) is 0 Å². The minimum atomic E-state index is -0.198. The van der Waals surface area contributed by atoms with E-state index in [-0.39, 0.29) is 18.0 Å². The highest BCUT2D eigenvalue weighted by molar-refractivity contribution is 5.73. The van der Waals surface area contributed by atoms with Crippen LogP contribution in [0.3, 0.4) is 0 Å². The molecule has 0 aromatic carbocycles. The van der Waals surface area contributed by atoms with Crippen LogP contribution in [0.1, 0.15) is 20.3 Å². The first-order valence-corrected chi connectivity index (χ1v) is 4.70. The van der Waals surface area contributed by atoms with Gasteiger partial charge in [0.05, 0.1) is 25.2 Å². The Balaban J connectivity index is 2.45. The second-order valence-electron chi connectivity index (χ2n) is 3.09. The smallest absolute Gasteiger partial charge is 0.311 e. The predicted octanol–water partition coefficient (Wildman–Crippen LogP) is 1.53. The third kappa shape index (κ3) is 2.84. The lowest BCUT2D eigenvalue weighted by Crippen LogP contribution is -2.30. The molecule has 1 rings (SSSR count). The molecule has 0 radical (unpaired) electrons. The van der Waals surface area contributed by atoms with E-state index in [9.17, 15) is 4.79 Å². The summed E-state index contributed by atoms with van der Waals surface area (Å²) in [5.74, 6) is -0.379. The minimum absolute atomic E-state index is 0.104. The number of carbonyl (C=O) groups is 1. The van der Waals surface area contributed by atoms with Crippen LogP contribution in [0, 0.1) is 5.92 Å². The maximum absolute atomic E-state index is 11.3. The van der Waals surface area contributed by atoms with Gasteiger partial charge in [-0.1, -0.05) is 12.2 Å². The van der Waals surface area contributed by atoms with Gasteiger partial charge in [0.1, 0.15) is 0 Å². The molecule has 0 amide bonds. The zero-order valence-corrected chi connectivity index (χ0v) is 8.16. The summed E-state index contributed by atoms with van der Waals surface area (Å²) in [6.07, 6.45) is 4.81. The maximum Gasteiger partial charge on any atom is 0.311 e. The first-order chi connectivity index (χ1) is 6.25. The molecule has 0 N–H and O–H groups in total. The minimum Gasteiger partial charge on any atom is -0.466 e. The van der Waals surface area contributed by atoms with E-state index < -0.39 is 0 Å². The third-order valence-corrected chi connectivity index (χ3v) is 2.07. The fraction of sp³-hybridized carbons (Fsp3) is 0.700. The van der Waals surface area contributed by atoms with Crippen molar-refractivity contribution in [2.24, 2.45) is 5.92 Å². The van der Waals surface area contributed by atoms with Crippen molar-refractivity contribution in [1.29, 1.82) is 0 Å². The molecule has 1 heterocycles. The third-order valence-electron chi connectivity index (χ3n) is 2.07. The van der Waals surface area contributed by atoms with Crippen molar-refractivity contribution in [3.8, 4) is 0 Å². The number of hydrogen-bond acceptors (Lipinski definition) is 3. The summed E-state index contributed by atoms with van der Waals surface area (Å²) in [7, 11) is 0. The first-order valence-electron chi connectivity index (χ1n) is 4.70. The summed E-state index contributed by atoms with van der Waals surface area (Å²) < 4.78 is 10.3. The zero-order chi connectivity index (χ0) is 9.68. The second kappa shape index (κ2) is 5.02. The quantitative estimate of drug-likeness (QED) is 0.493. The summed E-state index contributed by atoms with van der Waals surface area (Å²) in [6.45, 7) is 4.77. The molecule has 0 aromatic rings. The molecule has 0 spiro atoms. The van der Waals surface area contributed by atoms with E-state index in [1.165, 1.54) is 0 Å². The van der Waals surface area contributed by atoms with Crippen LogP contribution in [-0.4, -0.2) is 25.3 Å². The van der Waals surface area contributed by atoms with Crippen LogP contribution in [0.5, 0.6) is 0 Å². The van der Waals surface area contributed by atoms with Crippen molar-refractivity contribution < 1.29 is 14.3 Å². The number of rotatable bonds is 3. The Kier molecular flexibility index (Phi) is 3.96. The van der Waals surface area contributed by atoms with E-state index in [1.54, 1.807) is 0 Å². The molecule has 0 aliphatic carbocycles. The normalized spacial score (nSPS) is 24.0. The van der Waals surface area contributed by atoms with Gasteiger partial charge >= 0.3 is 5.97 Å². The van der Waals surface area contributed by atoms with E-state index >= 15 is 0 Å². The van der Waals surface area contributed by atoms with Crippen molar-refractivity contribution in [2.75, 3.05) is 13.2 Å². The highest BCUT2D eigenvalue weighted by Crippen LogP contribution is 2.15. The van der Waals surface area contributed by atoms with Crippen LogP contribution in [-0.2, 0) is 14.3 Å². The van der Waals surface area contributed by atoms with E-state index in [0.29, 0.717) is 13.2 Å². The van der Waals surface area contributed by atoms with Gasteiger partial charge in [-0.3, -0.25) is 4.79 Å². The van der Waals surface area contributed by atoms with Gasteiger partial charge in [-0.05, 0) is 20.3 Å². The Bertz CT molecular complexity index is 198. The van der Waals surface area contributed by atoms with E-state index in [4.69, 9.17) is 9.47 Å². The molecule has 74 valence electrons. The SMILES string of the molecule is CCOC(=O)[C@H](C)[C@@H]1C=CCCO1. The molecule has 1 aliphatic heterocycles. The Morgan fingerprint density at radius 3 is 3.08 bits per heavy atom. The van der Waals surface area contributed by atoms with Crippen molar-refractivity contribution in [1.82, 2.24) is 0 Å². The average molecular weight is 184 g/mol. The van der Waals surface area contributed by atoms with Gasteiger partial charge < -0.3 is 9.47 Å². The lowest BCUT2D eigenvalue weighted by Gasteiger charge is -2.22. The number of esters is 1. The van der Waals surface area contributed by atoms with Crippen LogP contribution in [0.4, 0.5) is 0 Å². The van der Waals surface area contributed by atoms with Crippen molar-refractivity contribution >= 4 is 5.97 Å².